The normalized spacial score (nSPS) is 14.8. The monoisotopic (exact) mass is 158 g/mol. The standard InChI is InChI=1S/C11H10O/c12-11-7-5-9-3-1-2-4-10(9)6-8-11/h1-7,12H,8H2. The lowest BCUT2D eigenvalue weighted by molar-refractivity contribution is 0.405. The molecule has 0 heterocycles. The van der Waals surface area contributed by atoms with Gasteiger partial charge >= 0.3 is 0 Å². The molecule has 60 valence electrons. The lowest BCUT2D eigenvalue weighted by atomic mass is 10.2. The van der Waals surface area contributed by atoms with Gasteiger partial charge in [0.2, 0.25) is 0 Å². The third-order valence-corrected chi connectivity index (χ3v) is 1.98. The van der Waals surface area contributed by atoms with E-state index in [1.165, 1.54) is 10.4 Å². The van der Waals surface area contributed by atoms with Gasteiger partial charge in [-0.1, -0.05) is 36.4 Å². The quantitative estimate of drug-likeness (QED) is 0.599. The molecule has 1 N–H and O–H groups in total. The zero-order valence-electron chi connectivity index (χ0n) is 6.70. The summed E-state index contributed by atoms with van der Waals surface area (Å²) in [7, 11) is 0. The molecule has 1 nitrogen and oxygen atoms in total. The molecule has 0 saturated heterocycles. The Kier molecular flexibility index (Phi) is 1.71. The first-order chi connectivity index (χ1) is 5.86. The van der Waals surface area contributed by atoms with Crippen LogP contribution in [0.25, 0.3) is 12.2 Å². The van der Waals surface area contributed by atoms with Crippen LogP contribution in [0.4, 0.5) is 0 Å². The Morgan fingerprint density at radius 2 is 1.75 bits per heavy atom. The Morgan fingerprint density at radius 1 is 1.00 bits per heavy atom. The van der Waals surface area contributed by atoms with Crippen molar-refractivity contribution in [2.24, 2.45) is 0 Å². The molecular weight excluding hydrogens is 148 g/mol. The van der Waals surface area contributed by atoms with Crippen LogP contribution in [0.2, 0.25) is 0 Å². The number of hydrogen-bond donors (Lipinski definition) is 1. The summed E-state index contributed by atoms with van der Waals surface area (Å²) >= 11 is 0. The second-order valence-corrected chi connectivity index (χ2v) is 2.86. The van der Waals surface area contributed by atoms with Gasteiger partial charge in [0.15, 0.2) is 0 Å². The van der Waals surface area contributed by atoms with Gasteiger partial charge in [0.05, 0.1) is 5.76 Å². The van der Waals surface area contributed by atoms with Gasteiger partial charge in [-0.3, -0.25) is 0 Å². The largest absolute Gasteiger partial charge is 0.512 e. The highest BCUT2D eigenvalue weighted by Gasteiger charge is 1.92. The molecule has 2 rings (SSSR count). The van der Waals surface area contributed by atoms with E-state index < -0.39 is 0 Å². The van der Waals surface area contributed by atoms with Crippen molar-refractivity contribution in [3.63, 3.8) is 0 Å². The Bertz CT molecular complexity index is 427. The molecule has 1 heteroatoms. The van der Waals surface area contributed by atoms with Crippen LogP contribution in [0, 0.1) is 0 Å². The first-order valence-corrected chi connectivity index (χ1v) is 4.01. The number of benzene rings is 1. The fourth-order valence-corrected chi connectivity index (χ4v) is 1.32. The van der Waals surface area contributed by atoms with Crippen LogP contribution in [-0.4, -0.2) is 5.11 Å². The molecule has 0 atom stereocenters. The van der Waals surface area contributed by atoms with Crippen molar-refractivity contribution < 1.29 is 5.11 Å². The average Bonchev–Trinajstić information content (AvgIpc) is 2.29. The summed E-state index contributed by atoms with van der Waals surface area (Å²) in [5.74, 6) is 0.422. The van der Waals surface area contributed by atoms with Gasteiger partial charge in [0.25, 0.3) is 0 Å². The van der Waals surface area contributed by atoms with Gasteiger partial charge < -0.3 is 5.11 Å². The maximum Gasteiger partial charge on any atom is 0.0960 e. The van der Waals surface area contributed by atoms with E-state index in [0.29, 0.717) is 12.2 Å². The molecule has 0 aliphatic heterocycles. The van der Waals surface area contributed by atoms with Gasteiger partial charge in [-0.05, 0) is 16.5 Å². The third-order valence-electron chi connectivity index (χ3n) is 1.98. The van der Waals surface area contributed by atoms with Crippen molar-refractivity contribution in [1.29, 1.82) is 0 Å². The van der Waals surface area contributed by atoms with Crippen molar-refractivity contribution in [3.05, 3.63) is 46.5 Å². The van der Waals surface area contributed by atoms with Gasteiger partial charge in [-0.25, -0.2) is 0 Å². The first-order valence-electron chi connectivity index (χ1n) is 4.01. The van der Waals surface area contributed by atoms with Crippen LogP contribution in [0.5, 0.6) is 0 Å². The Labute approximate surface area is 71.0 Å². The summed E-state index contributed by atoms with van der Waals surface area (Å²) in [5.41, 5.74) is 0. The predicted octanol–water partition coefficient (Wildman–Crippen LogP) is 1.09. The van der Waals surface area contributed by atoms with E-state index in [2.05, 4.69) is 6.07 Å². The average molecular weight is 158 g/mol. The molecule has 0 amide bonds. The van der Waals surface area contributed by atoms with E-state index >= 15 is 0 Å². The summed E-state index contributed by atoms with van der Waals surface area (Å²) in [6.07, 6.45) is 6.36. The molecule has 0 fully saturated rings. The molecule has 0 spiro atoms. The molecular formula is C11H10O. The fourth-order valence-electron chi connectivity index (χ4n) is 1.32. The van der Waals surface area contributed by atoms with Crippen LogP contribution in [-0.2, 0) is 0 Å². The lowest BCUT2D eigenvalue weighted by Crippen LogP contribution is -2.22. The van der Waals surface area contributed by atoms with E-state index in [1.807, 2.05) is 30.4 Å². The number of aliphatic hydroxyl groups excluding tert-OH is 1. The zero-order chi connectivity index (χ0) is 8.39. The number of rotatable bonds is 0. The molecule has 1 aromatic carbocycles. The molecule has 0 saturated carbocycles. The van der Waals surface area contributed by atoms with Crippen LogP contribution in [0.15, 0.2) is 36.1 Å². The van der Waals surface area contributed by atoms with Gasteiger partial charge in [0, 0.05) is 6.42 Å². The first kappa shape index (κ1) is 7.17. The highest BCUT2D eigenvalue weighted by Crippen LogP contribution is 1.98. The van der Waals surface area contributed by atoms with Crippen LogP contribution in [0.3, 0.4) is 0 Å². The summed E-state index contributed by atoms with van der Waals surface area (Å²) in [5, 5.41) is 11.6. The van der Waals surface area contributed by atoms with E-state index in [0.717, 1.165) is 0 Å². The third kappa shape index (κ3) is 1.26. The number of allylic oxidation sites excluding steroid dienone is 2. The van der Waals surface area contributed by atoms with Crippen LogP contribution < -0.4 is 10.4 Å². The van der Waals surface area contributed by atoms with Gasteiger partial charge in [-0.2, -0.15) is 0 Å². The lowest BCUT2D eigenvalue weighted by Gasteiger charge is -1.88. The molecule has 1 aromatic rings. The van der Waals surface area contributed by atoms with E-state index in [1.54, 1.807) is 6.08 Å². The second-order valence-electron chi connectivity index (χ2n) is 2.86. The molecule has 12 heavy (non-hydrogen) atoms. The number of aliphatic hydroxyl groups is 1. The molecule has 0 unspecified atom stereocenters. The summed E-state index contributed by atoms with van der Waals surface area (Å²) in [4.78, 5) is 0. The van der Waals surface area contributed by atoms with Crippen molar-refractivity contribution >= 4 is 12.2 Å². The molecule has 1 aliphatic rings. The second kappa shape index (κ2) is 2.86. The summed E-state index contributed by atoms with van der Waals surface area (Å²) in [6, 6.07) is 8.10. The molecule has 1 aliphatic carbocycles. The molecule has 0 aromatic heterocycles. The molecule has 0 radical (unpaired) electrons. The Morgan fingerprint density at radius 3 is 2.58 bits per heavy atom. The van der Waals surface area contributed by atoms with Crippen molar-refractivity contribution in [3.8, 4) is 0 Å². The van der Waals surface area contributed by atoms with Crippen molar-refractivity contribution in [1.82, 2.24) is 0 Å². The SMILES string of the molecule is OC1=CC=c2ccccc2=CC1. The number of fused-ring (bicyclic) bond motifs is 1. The maximum absolute atomic E-state index is 9.26. The minimum absolute atomic E-state index is 0.422. The molecule has 0 bridgehead atoms. The zero-order valence-corrected chi connectivity index (χ0v) is 6.70. The van der Waals surface area contributed by atoms with E-state index in [9.17, 15) is 5.11 Å². The van der Waals surface area contributed by atoms with E-state index in [4.69, 9.17) is 0 Å². The summed E-state index contributed by atoms with van der Waals surface area (Å²) < 4.78 is 0. The predicted molar refractivity (Wildman–Crippen MR) is 50.0 cm³/mol. The van der Waals surface area contributed by atoms with E-state index in [-0.39, 0.29) is 0 Å². The van der Waals surface area contributed by atoms with Crippen molar-refractivity contribution in [2.45, 2.75) is 6.42 Å². The van der Waals surface area contributed by atoms with Crippen molar-refractivity contribution in [2.75, 3.05) is 0 Å². The fraction of sp³-hybridized carbons (Fsp3) is 0.0909. The van der Waals surface area contributed by atoms with Gasteiger partial charge in [-0.15, -0.1) is 0 Å². The minimum Gasteiger partial charge on any atom is -0.512 e. The Balaban J connectivity index is 2.72. The minimum atomic E-state index is 0.422. The number of hydrogen-bond acceptors (Lipinski definition) is 1. The Hall–Kier alpha value is -1.50. The maximum atomic E-state index is 9.26. The topological polar surface area (TPSA) is 20.2 Å². The highest BCUT2D eigenvalue weighted by molar-refractivity contribution is 5.45. The van der Waals surface area contributed by atoms with Crippen LogP contribution in [0.1, 0.15) is 6.42 Å². The van der Waals surface area contributed by atoms with Gasteiger partial charge in [0.1, 0.15) is 0 Å². The van der Waals surface area contributed by atoms with Crippen LogP contribution >= 0.6 is 0 Å². The summed E-state index contributed by atoms with van der Waals surface area (Å²) in [6.45, 7) is 0. The smallest absolute Gasteiger partial charge is 0.0960 e. The highest BCUT2D eigenvalue weighted by atomic mass is 16.3.